The Morgan fingerprint density at radius 1 is 0.717 bits per heavy atom. The smallest absolute Gasteiger partial charge is 0.272 e. The molecule has 0 saturated carbocycles. The molecule has 46 heavy (non-hydrogen) atoms. The van der Waals surface area contributed by atoms with Gasteiger partial charge in [-0.3, -0.25) is 19.2 Å². The van der Waals surface area contributed by atoms with Gasteiger partial charge in [-0.15, -0.1) is 11.8 Å². The first-order chi connectivity index (χ1) is 22.2. The van der Waals surface area contributed by atoms with E-state index in [1.54, 1.807) is 104 Å². The van der Waals surface area contributed by atoms with Crippen molar-refractivity contribution in [2.75, 3.05) is 30.2 Å². The molecular formula is C35H34N4O6S. The highest BCUT2D eigenvalue weighted by molar-refractivity contribution is 8.00. The molecule has 11 heteroatoms. The van der Waals surface area contributed by atoms with Crippen LogP contribution >= 0.6 is 11.8 Å². The molecule has 0 radical (unpaired) electrons. The second-order valence-electron chi connectivity index (χ2n) is 9.95. The van der Waals surface area contributed by atoms with E-state index in [0.717, 1.165) is 4.90 Å². The number of ether oxygens (including phenoxy) is 2. The minimum Gasteiger partial charge on any atom is -0.493 e. The Morgan fingerprint density at radius 2 is 1.33 bits per heavy atom. The predicted octanol–water partition coefficient (Wildman–Crippen LogP) is 6.19. The molecule has 0 saturated heterocycles. The predicted molar refractivity (Wildman–Crippen MR) is 181 cm³/mol. The van der Waals surface area contributed by atoms with Crippen LogP contribution < -0.4 is 30.7 Å². The van der Waals surface area contributed by atoms with Crippen molar-refractivity contribution in [3.05, 3.63) is 114 Å². The number of hydrogen-bond donors (Lipinski definition) is 4. The zero-order valence-corrected chi connectivity index (χ0v) is 26.6. The molecule has 4 aromatic carbocycles. The van der Waals surface area contributed by atoms with Gasteiger partial charge in [-0.05, 0) is 79.7 Å². The third-order valence-electron chi connectivity index (χ3n) is 6.53. The maximum Gasteiger partial charge on any atom is 0.272 e. The van der Waals surface area contributed by atoms with Crippen LogP contribution in [0.15, 0.2) is 108 Å². The van der Waals surface area contributed by atoms with E-state index in [1.807, 2.05) is 0 Å². The molecule has 0 aromatic heterocycles. The van der Waals surface area contributed by atoms with Crippen molar-refractivity contribution in [2.24, 2.45) is 0 Å². The first-order valence-corrected chi connectivity index (χ1v) is 15.1. The SMILES string of the molecule is COc1cccc(/C=C(\NC(=O)c2ccccc2)C(=O)Nc2ccc(SC(C)C(=O)Nc3ccc(NC(C)=O)cc3)cc2)c1OC. The summed E-state index contributed by atoms with van der Waals surface area (Å²) in [4.78, 5) is 51.3. The second kappa shape index (κ2) is 16.0. The van der Waals surface area contributed by atoms with Gasteiger partial charge in [0.15, 0.2) is 11.5 Å². The third kappa shape index (κ3) is 9.23. The van der Waals surface area contributed by atoms with Crippen LogP contribution in [-0.2, 0) is 14.4 Å². The summed E-state index contributed by atoms with van der Waals surface area (Å²) in [6.45, 7) is 3.22. The summed E-state index contributed by atoms with van der Waals surface area (Å²) < 4.78 is 10.9. The van der Waals surface area contributed by atoms with Crippen molar-refractivity contribution in [2.45, 2.75) is 24.0 Å². The van der Waals surface area contributed by atoms with Gasteiger partial charge in [0.2, 0.25) is 11.8 Å². The molecule has 1 atom stereocenters. The zero-order valence-electron chi connectivity index (χ0n) is 25.8. The van der Waals surface area contributed by atoms with Gasteiger partial charge in [-0.1, -0.05) is 30.3 Å². The number of thioether (sulfide) groups is 1. The van der Waals surface area contributed by atoms with Gasteiger partial charge < -0.3 is 30.7 Å². The molecule has 4 rings (SSSR count). The largest absolute Gasteiger partial charge is 0.493 e. The molecule has 236 valence electrons. The van der Waals surface area contributed by atoms with E-state index < -0.39 is 17.1 Å². The van der Waals surface area contributed by atoms with Gasteiger partial charge in [0.25, 0.3) is 11.8 Å². The standard InChI is InChI=1S/C35H34N4O6S/c1-22(33(41)37-27-15-13-26(14-16-27)36-23(2)40)46-29-19-17-28(18-20-29)38-35(43)30(39-34(42)24-9-6-5-7-10-24)21-25-11-8-12-31(44-3)32(25)45-4/h5-22H,1-4H3,(H,36,40)(H,37,41)(H,38,43)(H,39,42)/b30-21-. The molecule has 0 fully saturated rings. The van der Waals surface area contributed by atoms with E-state index in [2.05, 4.69) is 21.3 Å². The van der Waals surface area contributed by atoms with Crippen molar-refractivity contribution in [3.8, 4) is 11.5 Å². The lowest BCUT2D eigenvalue weighted by Gasteiger charge is -2.15. The van der Waals surface area contributed by atoms with Gasteiger partial charge >= 0.3 is 0 Å². The number of rotatable bonds is 12. The average molecular weight is 639 g/mol. The first-order valence-electron chi connectivity index (χ1n) is 14.2. The van der Waals surface area contributed by atoms with Crippen LogP contribution in [0.25, 0.3) is 6.08 Å². The lowest BCUT2D eigenvalue weighted by atomic mass is 10.1. The molecule has 0 aliphatic rings. The van der Waals surface area contributed by atoms with Crippen LogP contribution in [0.2, 0.25) is 0 Å². The molecule has 1 unspecified atom stereocenters. The monoisotopic (exact) mass is 638 g/mol. The Balaban J connectivity index is 1.45. The Bertz CT molecular complexity index is 1720. The molecule has 4 aromatic rings. The second-order valence-corrected chi connectivity index (χ2v) is 11.4. The summed E-state index contributed by atoms with van der Waals surface area (Å²) in [7, 11) is 3.01. The summed E-state index contributed by atoms with van der Waals surface area (Å²) in [6.07, 6.45) is 1.52. The summed E-state index contributed by atoms with van der Waals surface area (Å²) in [6, 6.07) is 27.7. The van der Waals surface area contributed by atoms with Gasteiger partial charge in [0.1, 0.15) is 5.70 Å². The first kappa shape index (κ1) is 33.3. The minimum absolute atomic E-state index is 0.00532. The minimum atomic E-state index is -0.549. The molecule has 0 bridgehead atoms. The number of benzene rings is 4. The third-order valence-corrected chi connectivity index (χ3v) is 7.64. The summed E-state index contributed by atoms with van der Waals surface area (Å²) in [5.74, 6) is -0.481. The normalized spacial score (nSPS) is 11.5. The van der Waals surface area contributed by atoms with E-state index in [4.69, 9.17) is 9.47 Å². The molecule has 10 nitrogen and oxygen atoms in total. The van der Waals surface area contributed by atoms with Gasteiger partial charge in [-0.2, -0.15) is 0 Å². The van der Waals surface area contributed by atoms with Crippen LogP contribution in [0.3, 0.4) is 0 Å². The maximum atomic E-state index is 13.5. The summed E-state index contributed by atoms with van der Waals surface area (Å²) in [5, 5.41) is 10.7. The van der Waals surface area contributed by atoms with Crippen LogP contribution in [-0.4, -0.2) is 43.1 Å². The van der Waals surface area contributed by atoms with Crippen LogP contribution in [0.1, 0.15) is 29.8 Å². The summed E-state index contributed by atoms with van der Waals surface area (Å²) >= 11 is 1.36. The fourth-order valence-corrected chi connectivity index (χ4v) is 5.15. The van der Waals surface area contributed by atoms with Crippen molar-refractivity contribution in [1.29, 1.82) is 0 Å². The fourth-order valence-electron chi connectivity index (χ4n) is 4.28. The lowest BCUT2D eigenvalue weighted by Crippen LogP contribution is -2.30. The number of anilines is 3. The van der Waals surface area contributed by atoms with E-state index in [-0.39, 0.29) is 17.5 Å². The Morgan fingerprint density at radius 3 is 1.93 bits per heavy atom. The lowest BCUT2D eigenvalue weighted by molar-refractivity contribution is -0.115. The Hall–Kier alpha value is -5.55. The topological polar surface area (TPSA) is 135 Å². The number of carbonyl (C=O) groups is 4. The quantitative estimate of drug-likeness (QED) is 0.107. The van der Waals surface area contributed by atoms with E-state index >= 15 is 0 Å². The van der Waals surface area contributed by atoms with E-state index in [1.165, 1.54) is 39.0 Å². The number of nitrogens with one attached hydrogen (secondary N) is 4. The molecular weight excluding hydrogens is 604 g/mol. The number of amides is 4. The highest BCUT2D eigenvalue weighted by Crippen LogP contribution is 2.32. The van der Waals surface area contributed by atoms with Crippen molar-refractivity contribution in [3.63, 3.8) is 0 Å². The molecule has 0 aliphatic carbocycles. The Kier molecular flexibility index (Phi) is 11.6. The molecule has 0 aliphatic heterocycles. The number of hydrogen-bond acceptors (Lipinski definition) is 7. The van der Waals surface area contributed by atoms with Crippen LogP contribution in [0, 0.1) is 0 Å². The number of methoxy groups -OCH3 is 2. The van der Waals surface area contributed by atoms with Crippen molar-refractivity contribution >= 4 is 58.5 Å². The highest BCUT2D eigenvalue weighted by atomic mass is 32.2. The fraction of sp³-hybridized carbons (Fsp3) is 0.143. The van der Waals surface area contributed by atoms with Gasteiger partial charge in [0.05, 0.1) is 19.5 Å². The van der Waals surface area contributed by atoms with Gasteiger partial charge in [0, 0.05) is 40.0 Å². The van der Waals surface area contributed by atoms with E-state index in [0.29, 0.717) is 39.7 Å². The maximum absolute atomic E-state index is 13.5. The van der Waals surface area contributed by atoms with Gasteiger partial charge in [-0.25, -0.2) is 0 Å². The average Bonchev–Trinajstić information content (AvgIpc) is 3.06. The zero-order chi connectivity index (χ0) is 33.1. The van der Waals surface area contributed by atoms with Crippen molar-refractivity contribution in [1.82, 2.24) is 5.32 Å². The summed E-state index contributed by atoms with van der Waals surface area (Å²) in [5.41, 5.74) is 2.65. The molecule has 4 amide bonds. The number of carbonyl (C=O) groups excluding carboxylic acids is 4. The van der Waals surface area contributed by atoms with Crippen LogP contribution in [0.5, 0.6) is 11.5 Å². The highest BCUT2D eigenvalue weighted by Gasteiger charge is 2.18. The van der Waals surface area contributed by atoms with Crippen molar-refractivity contribution < 1.29 is 28.7 Å². The Labute approximate surface area is 271 Å². The molecule has 0 heterocycles. The van der Waals surface area contributed by atoms with E-state index in [9.17, 15) is 19.2 Å². The molecule has 4 N–H and O–H groups in total. The number of para-hydroxylation sites is 1. The van der Waals surface area contributed by atoms with Crippen LogP contribution in [0.4, 0.5) is 17.1 Å². The molecule has 0 spiro atoms.